The fourth-order valence-corrected chi connectivity index (χ4v) is 4.83. The number of rotatable bonds is 15. The summed E-state index contributed by atoms with van der Waals surface area (Å²) >= 11 is 0.963. The Morgan fingerprint density at radius 2 is 1.89 bits per heavy atom. The maximum atomic E-state index is 13.0. The molecule has 0 spiro atoms. The van der Waals surface area contributed by atoms with Crippen LogP contribution in [0, 0.1) is 5.92 Å². The first kappa shape index (κ1) is 29.6. The molecule has 5 N–H and O–H groups in total. The number of anilines is 1. The number of nitrogens with zero attached hydrogens (tertiary/aromatic N) is 1. The summed E-state index contributed by atoms with van der Waals surface area (Å²) in [5.74, 6) is -0.788. The Kier molecular flexibility index (Phi) is 11.7. The van der Waals surface area contributed by atoms with Gasteiger partial charge in [0.1, 0.15) is 11.7 Å². The molecule has 0 aliphatic rings. The Morgan fingerprint density at radius 1 is 1.19 bits per heavy atom. The van der Waals surface area contributed by atoms with Crippen LogP contribution in [0.15, 0.2) is 35.7 Å². The highest BCUT2D eigenvalue weighted by Crippen LogP contribution is 2.17. The highest BCUT2D eigenvalue weighted by Gasteiger charge is 2.34. The first-order chi connectivity index (χ1) is 17.0. The Hall–Kier alpha value is -2.58. The van der Waals surface area contributed by atoms with E-state index in [0.29, 0.717) is 19.7 Å². The van der Waals surface area contributed by atoms with Gasteiger partial charge in [-0.3, -0.25) is 14.3 Å². The molecule has 0 aliphatic carbocycles. The highest BCUT2D eigenvalue weighted by molar-refractivity contribution is 7.92. The number of benzene rings is 1. The Bertz CT molecular complexity index is 1080. The molecule has 0 fully saturated rings. The third-order valence-corrected chi connectivity index (χ3v) is 6.47. The van der Waals surface area contributed by atoms with E-state index in [1.54, 1.807) is 0 Å². The van der Waals surface area contributed by atoms with Crippen molar-refractivity contribution < 1.29 is 27.9 Å². The van der Waals surface area contributed by atoms with Gasteiger partial charge in [0.25, 0.3) is 5.91 Å². The predicted molar refractivity (Wildman–Crippen MR) is 140 cm³/mol. The van der Waals surface area contributed by atoms with Gasteiger partial charge >= 0.3 is 0 Å². The lowest BCUT2D eigenvalue weighted by Crippen LogP contribution is -2.60. The van der Waals surface area contributed by atoms with Crippen LogP contribution in [-0.4, -0.2) is 81.6 Å². The number of aliphatic hydroxyl groups is 1. The molecule has 1 heterocycles. The van der Waals surface area contributed by atoms with Gasteiger partial charge in [0.2, 0.25) is 15.9 Å². The molecule has 1 aromatic heterocycles. The summed E-state index contributed by atoms with van der Waals surface area (Å²) < 4.78 is 30.2. The first-order valence-electron chi connectivity index (χ1n) is 11.5. The van der Waals surface area contributed by atoms with Gasteiger partial charge in [0.05, 0.1) is 25.0 Å². The summed E-state index contributed by atoms with van der Waals surface area (Å²) in [7, 11) is -2.01. The van der Waals surface area contributed by atoms with Crippen LogP contribution in [-0.2, 0) is 26.0 Å². The molecular formula is C23H35N5O6S2. The second-order valence-corrected chi connectivity index (χ2v) is 11.3. The largest absolute Gasteiger partial charge is 0.389 e. The van der Waals surface area contributed by atoms with E-state index in [9.17, 15) is 23.1 Å². The van der Waals surface area contributed by atoms with Crippen LogP contribution in [0.25, 0.3) is 0 Å². The van der Waals surface area contributed by atoms with Crippen LogP contribution in [0.5, 0.6) is 0 Å². The molecule has 0 saturated heterocycles. The summed E-state index contributed by atoms with van der Waals surface area (Å²) in [5.41, 5.74) is 0.836. The number of carbonyl (C=O) groups is 2. The van der Waals surface area contributed by atoms with Gasteiger partial charge in [0, 0.05) is 25.6 Å². The summed E-state index contributed by atoms with van der Waals surface area (Å²) in [5, 5.41) is 21.4. The molecule has 36 heavy (non-hydrogen) atoms. The Morgan fingerprint density at radius 3 is 2.50 bits per heavy atom. The molecular weight excluding hydrogens is 506 g/mol. The predicted octanol–water partition coefficient (Wildman–Crippen LogP) is 0.593. The number of amides is 2. The second-order valence-electron chi connectivity index (χ2n) is 8.74. The van der Waals surface area contributed by atoms with E-state index in [2.05, 4.69) is 25.7 Å². The fourth-order valence-electron chi connectivity index (χ4n) is 3.28. The van der Waals surface area contributed by atoms with Crippen molar-refractivity contribution in [1.82, 2.24) is 20.9 Å². The third kappa shape index (κ3) is 10.2. The second kappa shape index (κ2) is 14.2. The topological polar surface area (TPSA) is 159 Å². The third-order valence-electron chi connectivity index (χ3n) is 5.02. The molecule has 1 aromatic carbocycles. The first-order valence-corrected chi connectivity index (χ1v) is 14.2. The van der Waals surface area contributed by atoms with E-state index < -0.39 is 40.0 Å². The molecule has 0 radical (unpaired) electrons. The SMILES string of the molecule is COCCN[C@@H](C(=O)NCC(C)C)[C@H](O)[C@H](Cc1ccccc1)NC(=O)c1csc(NS(C)(=O)=O)n1. The van der Waals surface area contributed by atoms with Crippen LogP contribution >= 0.6 is 11.3 Å². The van der Waals surface area contributed by atoms with Crippen molar-refractivity contribution in [2.75, 3.05) is 37.8 Å². The number of hydrogen-bond acceptors (Lipinski definition) is 9. The standard InChI is InChI=1S/C23H35N5O6S2/c1-15(2)13-25-22(31)19(24-10-11-34-3)20(29)17(12-16-8-6-5-7-9-16)26-21(30)18-14-35-23(27-18)28-36(4,32)33/h5-9,14-15,17,19-20,24,29H,10-13H2,1-4H3,(H,25,31)(H,26,30)(H,27,28)/t17-,19+,20+/m0/s1. The average molecular weight is 542 g/mol. The lowest BCUT2D eigenvalue weighted by molar-refractivity contribution is -0.126. The van der Waals surface area contributed by atoms with E-state index in [4.69, 9.17) is 4.74 Å². The number of carbonyl (C=O) groups excluding carboxylic acids is 2. The van der Waals surface area contributed by atoms with Gasteiger partial charge in [-0.05, 0) is 17.9 Å². The Balaban J connectivity index is 2.27. The van der Waals surface area contributed by atoms with E-state index in [1.807, 2.05) is 44.2 Å². The minimum atomic E-state index is -3.55. The number of aromatic nitrogens is 1. The molecule has 13 heteroatoms. The number of hydrogen-bond donors (Lipinski definition) is 5. The van der Waals surface area contributed by atoms with Gasteiger partial charge < -0.3 is 25.8 Å². The van der Waals surface area contributed by atoms with Gasteiger partial charge in [-0.15, -0.1) is 11.3 Å². The van der Waals surface area contributed by atoms with E-state index in [1.165, 1.54) is 12.5 Å². The molecule has 2 amide bonds. The van der Waals surface area contributed by atoms with Crippen LogP contribution in [0.4, 0.5) is 5.13 Å². The summed E-state index contributed by atoms with van der Waals surface area (Å²) in [6.45, 7) is 4.99. The lowest BCUT2D eigenvalue weighted by Gasteiger charge is -2.31. The van der Waals surface area contributed by atoms with E-state index in [0.717, 1.165) is 23.2 Å². The van der Waals surface area contributed by atoms with Crippen molar-refractivity contribution in [2.24, 2.45) is 5.92 Å². The minimum Gasteiger partial charge on any atom is -0.389 e. The summed E-state index contributed by atoms with van der Waals surface area (Å²) in [6, 6.07) is 7.36. The molecule has 0 unspecified atom stereocenters. The van der Waals surface area contributed by atoms with Gasteiger partial charge in [-0.25, -0.2) is 13.4 Å². The quantitative estimate of drug-likeness (QED) is 0.205. The zero-order chi connectivity index (χ0) is 26.7. The summed E-state index contributed by atoms with van der Waals surface area (Å²) in [6.07, 6.45) is -0.0707. The van der Waals surface area contributed by atoms with Crippen molar-refractivity contribution in [3.05, 3.63) is 47.0 Å². The lowest BCUT2D eigenvalue weighted by atomic mass is 9.95. The van der Waals surface area contributed by atoms with Crippen LogP contribution < -0.4 is 20.7 Å². The van der Waals surface area contributed by atoms with Crippen molar-refractivity contribution >= 4 is 38.3 Å². The maximum Gasteiger partial charge on any atom is 0.271 e. The summed E-state index contributed by atoms with van der Waals surface area (Å²) in [4.78, 5) is 30.0. The molecule has 0 bridgehead atoms. The van der Waals surface area contributed by atoms with E-state index >= 15 is 0 Å². The average Bonchev–Trinajstić information content (AvgIpc) is 3.27. The molecule has 3 atom stereocenters. The van der Waals surface area contributed by atoms with Crippen molar-refractivity contribution in [1.29, 1.82) is 0 Å². The minimum absolute atomic E-state index is 0.00966. The molecule has 2 aromatic rings. The van der Waals surface area contributed by atoms with Crippen LogP contribution in [0.1, 0.15) is 29.9 Å². The monoisotopic (exact) mass is 541 g/mol. The van der Waals surface area contributed by atoms with Crippen LogP contribution in [0.3, 0.4) is 0 Å². The Labute approximate surface area is 216 Å². The molecule has 11 nitrogen and oxygen atoms in total. The molecule has 200 valence electrons. The van der Waals surface area contributed by atoms with Crippen molar-refractivity contribution in [2.45, 2.75) is 38.5 Å². The number of nitrogens with one attached hydrogen (secondary N) is 4. The smallest absolute Gasteiger partial charge is 0.271 e. The number of methoxy groups -OCH3 is 1. The highest BCUT2D eigenvalue weighted by atomic mass is 32.2. The van der Waals surface area contributed by atoms with Gasteiger partial charge in [-0.1, -0.05) is 44.2 Å². The van der Waals surface area contributed by atoms with Crippen molar-refractivity contribution in [3.63, 3.8) is 0 Å². The fraction of sp³-hybridized carbons (Fsp3) is 0.522. The number of aliphatic hydroxyl groups excluding tert-OH is 1. The molecule has 0 aliphatic heterocycles. The number of sulfonamides is 1. The zero-order valence-corrected chi connectivity index (χ0v) is 22.5. The maximum absolute atomic E-state index is 13.0. The number of thiazole rings is 1. The number of ether oxygens (including phenoxy) is 1. The van der Waals surface area contributed by atoms with Gasteiger partial charge in [0.15, 0.2) is 5.13 Å². The van der Waals surface area contributed by atoms with Crippen molar-refractivity contribution in [3.8, 4) is 0 Å². The van der Waals surface area contributed by atoms with E-state index in [-0.39, 0.29) is 23.2 Å². The van der Waals surface area contributed by atoms with Gasteiger partial charge in [-0.2, -0.15) is 0 Å². The van der Waals surface area contributed by atoms with Crippen LogP contribution in [0.2, 0.25) is 0 Å². The normalized spacial score (nSPS) is 14.2. The molecule has 2 rings (SSSR count). The zero-order valence-electron chi connectivity index (χ0n) is 20.9. The molecule has 0 saturated carbocycles.